The molecule has 322 valence electrons. The lowest BCUT2D eigenvalue weighted by atomic mass is 9.92. The fourth-order valence-electron chi connectivity index (χ4n) is 6.72. The smallest absolute Gasteiger partial charge is 0.305 e. The number of aliphatic hydroxyl groups excluding tert-OH is 2. The van der Waals surface area contributed by atoms with E-state index in [-0.39, 0.29) is 52.6 Å². The van der Waals surface area contributed by atoms with Crippen molar-refractivity contribution in [1.82, 2.24) is 15.3 Å². The summed E-state index contributed by atoms with van der Waals surface area (Å²) in [7, 11) is 0. The molecular formula is C48H43Cl2N5O8. The number of rotatable bonds is 20. The first kappa shape index (κ1) is 45.8. The van der Waals surface area contributed by atoms with Gasteiger partial charge in [-0.2, -0.15) is 10.5 Å². The maximum Gasteiger partial charge on any atom is 0.305 e. The molecule has 1 atom stereocenters. The first-order valence-electron chi connectivity index (χ1n) is 19.7. The van der Waals surface area contributed by atoms with E-state index in [1.807, 2.05) is 50.2 Å². The average Bonchev–Trinajstić information content (AvgIpc) is 3.29. The number of pyridine rings is 2. The van der Waals surface area contributed by atoms with Gasteiger partial charge in [0.15, 0.2) is 0 Å². The predicted octanol–water partition coefficient (Wildman–Crippen LogP) is 8.54. The van der Waals surface area contributed by atoms with E-state index in [1.165, 1.54) is 12.4 Å². The number of nitrogens with zero attached hydrogens (tertiary/aromatic N) is 4. The number of carbonyl (C=O) groups is 1. The SMILES string of the molecule is Cc1c(COc2cc(OCc3cncc(C#N)c3)c(CO)cc2Cl)cccc1-c1cccc(COc2cc(OCc3cncc(C#N)c3)c(CNC(CO)CC(=O)O)cc2Cl)c1C. The average molecular weight is 889 g/mol. The van der Waals surface area contributed by atoms with Gasteiger partial charge in [-0.15, -0.1) is 0 Å². The number of benzene rings is 4. The maximum absolute atomic E-state index is 11.3. The summed E-state index contributed by atoms with van der Waals surface area (Å²) in [6.45, 7) is 4.08. The molecule has 0 radical (unpaired) electrons. The Morgan fingerprint density at radius 2 is 1.14 bits per heavy atom. The lowest BCUT2D eigenvalue weighted by Crippen LogP contribution is -2.34. The third-order valence-corrected chi connectivity index (χ3v) is 10.8. The van der Waals surface area contributed by atoms with Crippen LogP contribution in [0.2, 0.25) is 10.0 Å². The van der Waals surface area contributed by atoms with E-state index in [4.69, 9.17) is 42.1 Å². The fourth-order valence-corrected chi connectivity index (χ4v) is 7.20. The largest absolute Gasteiger partial charge is 0.488 e. The van der Waals surface area contributed by atoms with Crippen LogP contribution in [0.5, 0.6) is 23.0 Å². The van der Waals surface area contributed by atoms with Crippen molar-refractivity contribution < 1.29 is 39.1 Å². The molecule has 0 aliphatic rings. The standard InChI is InChI=1S/C48H43Cl2N5O8/c1-29-35(27-62-46-14-44(60-25-33-9-31(16-51)18-53-20-33)37(11-42(46)49)22-55-39(24-57)13-48(58)59)5-3-7-40(29)41-8-4-6-36(30(41)2)28-63-47-15-45(38(23-56)12-43(47)50)61-26-34-10-32(17-52)19-54-21-34/h3-12,14-15,18-21,39,55-57H,13,22-28H2,1-2H3,(H,58,59). The summed E-state index contributed by atoms with van der Waals surface area (Å²) in [4.78, 5) is 19.5. The van der Waals surface area contributed by atoms with Crippen LogP contribution in [-0.4, -0.2) is 43.9 Å². The van der Waals surface area contributed by atoms with E-state index < -0.39 is 12.0 Å². The highest BCUT2D eigenvalue weighted by Crippen LogP contribution is 2.37. The van der Waals surface area contributed by atoms with Gasteiger partial charge in [0.05, 0.1) is 40.8 Å². The third kappa shape index (κ3) is 12.0. The number of nitrogens with one attached hydrogen (secondary N) is 1. The highest BCUT2D eigenvalue weighted by atomic mass is 35.5. The number of halogens is 2. The van der Waals surface area contributed by atoms with Gasteiger partial charge >= 0.3 is 5.97 Å². The van der Waals surface area contributed by atoms with E-state index in [9.17, 15) is 30.6 Å². The minimum Gasteiger partial charge on any atom is -0.488 e. The molecule has 0 saturated heterocycles. The molecule has 0 bridgehead atoms. The van der Waals surface area contributed by atoms with Crippen LogP contribution in [-0.2, 0) is 44.4 Å². The summed E-state index contributed by atoms with van der Waals surface area (Å²) in [5.74, 6) is 0.479. The number of ether oxygens (including phenoxy) is 4. The van der Waals surface area contributed by atoms with Crippen LogP contribution in [0.4, 0.5) is 0 Å². The second kappa shape index (κ2) is 21.9. The first-order chi connectivity index (χ1) is 30.5. The second-order valence-corrected chi connectivity index (χ2v) is 15.3. The molecule has 2 heterocycles. The van der Waals surface area contributed by atoms with E-state index in [2.05, 4.69) is 27.4 Å². The summed E-state index contributed by atoms with van der Waals surface area (Å²) in [6.07, 6.45) is 5.85. The van der Waals surface area contributed by atoms with Crippen LogP contribution in [0.15, 0.2) is 97.6 Å². The Bertz CT molecular complexity index is 2680. The number of aromatic nitrogens is 2. The van der Waals surface area contributed by atoms with Gasteiger partial charge in [-0.25, -0.2) is 0 Å². The van der Waals surface area contributed by atoms with Crippen molar-refractivity contribution in [3.63, 3.8) is 0 Å². The molecule has 6 rings (SSSR count). The quantitative estimate of drug-likeness (QED) is 0.0569. The van der Waals surface area contributed by atoms with Crippen LogP contribution in [0.25, 0.3) is 11.1 Å². The van der Waals surface area contributed by atoms with Crippen LogP contribution in [0, 0.1) is 36.5 Å². The van der Waals surface area contributed by atoms with Crippen molar-refractivity contribution in [3.8, 4) is 46.3 Å². The Balaban J connectivity index is 1.18. The molecule has 2 aromatic heterocycles. The normalized spacial score (nSPS) is 11.3. The summed E-state index contributed by atoms with van der Waals surface area (Å²) in [5, 5.41) is 51.2. The number of carboxylic acid groups (broad SMARTS) is 1. The Hall–Kier alpha value is -6.71. The fraction of sp³-hybridized carbons (Fsp3) is 0.229. The van der Waals surface area contributed by atoms with Gasteiger partial charge in [0.1, 0.15) is 61.6 Å². The van der Waals surface area contributed by atoms with Gasteiger partial charge in [-0.3, -0.25) is 14.8 Å². The van der Waals surface area contributed by atoms with Gasteiger partial charge in [-0.1, -0.05) is 59.6 Å². The van der Waals surface area contributed by atoms with E-state index >= 15 is 0 Å². The zero-order valence-corrected chi connectivity index (χ0v) is 35.9. The van der Waals surface area contributed by atoms with E-state index in [1.54, 1.807) is 48.8 Å². The van der Waals surface area contributed by atoms with Crippen molar-refractivity contribution in [3.05, 3.63) is 163 Å². The highest BCUT2D eigenvalue weighted by Gasteiger charge is 2.18. The minimum atomic E-state index is -1.05. The lowest BCUT2D eigenvalue weighted by molar-refractivity contribution is -0.137. The van der Waals surface area contributed by atoms with Gasteiger partial charge in [-0.05, 0) is 71.5 Å². The molecule has 0 amide bonds. The lowest BCUT2D eigenvalue weighted by Gasteiger charge is -2.19. The molecule has 0 saturated carbocycles. The Morgan fingerprint density at radius 3 is 1.60 bits per heavy atom. The molecule has 1 unspecified atom stereocenters. The van der Waals surface area contributed by atoms with Crippen molar-refractivity contribution in [2.45, 2.75) is 65.9 Å². The number of hydrogen-bond acceptors (Lipinski definition) is 12. The molecule has 0 aliphatic carbocycles. The van der Waals surface area contributed by atoms with Crippen LogP contribution >= 0.6 is 23.2 Å². The number of hydrogen-bond donors (Lipinski definition) is 4. The number of aliphatic carboxylic acids is 1. The zero-order chi connectivity index (χ0) is 44.9. The van der Waals surface area contributed by atoms with Crippen molar-refractivity contribution in [1.29, 1.82) is 10.5 Å². The van der Waals surface area contributed by atoms with E-state index in [0.29, 0.717) is 66.4 Å². The summed E-state index contributed by atoms with van der Waals surface area (Å²) in [5.41, 5.74) is 9.07. The second-order valence-electron chi connectivity index (χ2n) is 14.5. The number of nitriles is 2. The van der Waals surface area contributed by atoms with Crippen LogP contribution in [0.3, 0.4) is 0 Å². The maximum atomic E-state index is 11.3. The highest BCUT2D eigenvalue weighted by molar-refractivity contribution is 6.32. The van der Waals surface area contributed by atoms with Gasteiger partial charge in [0.25, 0.3) is 0 Å². The minimum absolute atomic E-state index is 0.0801. The van der Waals surface area contributed by atoms with Gasteiger partial charge in [0, 0.05) is 71.8 Å². The van der Waals surface area contributed by atoms with Crippen LogP contribution in [0.1, 0.15) is 62.1 Å². The molecule has 0 spiro atoms. The molecule has 15 heteroatoms. The number of carboxylic acids is 1. The molecule has 4 aromatic carbocycles. The van der Waals surface area contributed by atoms with E-state index in [0.717, 1.165) is 33.4 Å². The Kier molecular flexibility index (Phi) is 15.9. The van der Waals surface area contributed by atoms with Gasteiger partial charge < -0.3 is 39.6 Å². The predicted molar refractivity (Wildman–Crippen MR) is 235 cm³/mol. The molecule has 63 heavy (non-hydrogen) atoms. The molecule has 13 nitrogen and oxygen atoms in total. The van der Waals surface area contributed by atoms with Gasteiger partial charge in [0.2, 0.25) is 0 Å². The Morgan fingerprint density at radius 1 is 0.667 bits per heavy atom. The summed E-state index contributed by atoms with van der Waals surface area (Å²) >= 11 is 13.4. The van der Waals surface area contributed by atoms with Crippen molar-refractivity contribution in [2.75, 3.05) is 6.61 Å². The first-order valence-corrected chi connectivity index (χ1v) is 20.4. The van der Waals surface area contributed by atoms with Crippen molar-refractivity contribution in [2.24, 2.45) is 0 Å². The van der Waals surface area contributed by atoms with Crippen LogP contribution < -0.4 is 24.3 Å². The third-order valence-electron chi connectivity index (χ3n) is 10.2. The zero-order valence-electron chi connectivity index (χ0n) is 34.4. The molecule has 0 fully saturated rings. The monoisotopic (exact) mass is 887 g/mol. The summed E-state index contributed by atoms with van der Waals surface area (Å²) in [6, 6.07) is 25.4. The summed E-state index contributed by atoms with van der Waals surface area (Å²) < 4.78 is 24.8. The molecule has 6 aromatic rings. The Labute approximate surface area is 374 Å². The molecule has 0 aliphatic heterocycles. The molecular weight excluding hydrogens is 845 g/mol. The molecule has 4 N–H and O–H groups in total. The number of aliphatic hydroxyl groups is 2. The topological polar surface area (TPSA) is 200 Å². The van der Waals surface area contributed by atoms with Crippen molar-refractivity contribution >= 4 is 29.2 Å².